The lowest BCUT2D eigenvalue weighted by atomic mass is 10.0. The third kappa shape index (κ3) is 4.21. The fourth-order valence-electron chi connectivity index (χ4n) is 4.57. The van der Waals surface area contributed by atoms with Gasteiger partial charge in [-0.3, -0.25) is 0 Å². The molecule has 0 saturated heterocycles. The van der Waals surface area contributed by atoms with E-state index >= 15 is 0 Å². The quantitative estimate of drug-likeness (QED) is 0.196. The largest absolute Gasteiger partial charge is 0.208 e. The molecule has 0 saturated carbocycles. The Morgan fingerprint density at radius 1 is 0.386 bits per heavy atom. The zero-order valence-corrected chi connectivity index (χ0v) is 23.3. The van der Waals surface area contributed by atoms with E-state index in [1.165, 1.54) is 0 Å². The van der Waals surface area contributed by atoms with Crippen molar-refractivity contribution in [1.82, 2.24) is 15.0 Å². The Labute approximate surface area is 294 Å². The Balaban J connectivity index is 1.48. The van der Waals surface area contributed by atoms with E-state index in [1.807, 2.05) is 0 Å². The summed E-state index contributed by atoms with van der Waals surface area (Å²) in [5, 5.41) is -0.746. The average Bonchev–Trinajstić information content (AvgIpc) is 3.90. The number of hydrogen-bond acceptors (Lipinski definition) is 5. The number of hydrogen-bond donors (Lipinski definition) is 0. The molecular weight excluding hydrogens is 575 g/mol. The summed E-state index contributed by atoms with van der Waals surface area (Å²) in [6.07, 6.45) is 0. The Hall–Kier alpha value is -5.23. The van der Waals surface area contributed by atoms with Gasteiger partial charge in [0.05, 0.1) is 31.5 Å². The molecule has 5 heteroatoms. The molecule has 0 aliphatic heterocycles. The summed E-state index contributed by atoms with van der Waals surface area (Å²) in [6.45, 7) is 0. The Bertz CT molecular complexity index is 3780. The minimum Gasteiger partial charge on any atom is -0.208 e. The highest BCUT2D eigenvalue weighted by Gasteiger charge is 2.17. The fraction of sp³-hybridized carbons (Fsp3) is 0. The van der Waals surface area contributed by atoms with Gasteiger partial charge < -0.3 is 0 Å². The van der Waals surface area contributed by atoms with Gasteiger partial charge in [-0.1, -0.05) is 96.7 Å². The third-order valence-corrected chi connectivity index (χ3v) is 8.65. The molecule has 0 spiro atoms. The molecule has 9 aromatic rings. The lowest BCUT2D eigenvalue weighted by Crippen LogP contribution is -2.00. The smallest absolute Gasteiger partial charge is 0.165 e. The van der Waals surface area contributed by atoms with Crippen LogP contribution < -0.4 is 0 Å². The van der Waals surface area contributed by atoms with Gasteiger partial charge in [0.2, 0.25) is 0 Å². The molecule has 206 valence electrons. The second-order valence-corrected chi connectivity index (χ2v) is 11.1. The summed E-state index contributed by atoms with van der Waals surface area (Å²) in [5.74, 6) is -2.11. The molecular formula is C39H23N3S2. The van der Waals surface area contributed by atoms with Crippen LogP contribution >= 0.6 is 22.7 Å². The van der Waals surface area contributed by atoms with Crippen molar-refractivity contribution >= 4 is 63.0 Å². The Morgan fingerprint density at radius 2 is 0.955 bits per heavy atom. The first-order chi connectivity index (χ1) is 31.4. The summed E-state index contributed by atoms with van der Waals surface area (Å²) in [6, 6.07) is -16.6. The first-order valence-electron chi connectivity index (χ1n) is 24.2. The van der Waals surface area contributed by atoms with Crippen molar-refractivity contribution in [2.75, 3.05) is 0 Å². The summed E-state index contributed by atoms with van der Waals surface area (Å²) in [7, 11) is 0. The molecule has 0 aliphatic rings. The molecule has 0 N–H and O–H groups in total. The van der Waals surface area contributed by atoms with Crippen molar-refractivity contribution in [3.63, 3.8) is 0 Å². The van der Waals surface area contributed by atoms with Crippen molar-refractivity contribution in [3.8, 4) is 45.3 Å². The van der Waals surface area contributed by atoms with E-state index in [0.717, 1.165) is 11.3 Å². The molecule has 9 rings (SSSR count). The normalized spacial score (nSPS) is 19.0. The number of rotatable bonds is 4. The topological polar surface area (TPSA) is 38.7 Å². The molecule has 0 aliphatic carbocycles. The minimum atomic E-state index is -0.934. The zero-order chi connectivity index (χ0) is 49.1. The van der Waals surface area contributed by atoms with Crippen LogP contribution in [0.2, 0.25) is 0 Å². The van der Waals surface area contributed by atoms with Gasteiger partial charge in [-0.15, -0.1) is 22.7 Å². The highest BCUT2D eigenvalue weighted by Crippen LogP contribution is 2.40. The Kier molecular flexibility index (Phi) is 2.63. The van der Waals surface area contributed by atoms with Crippen LogP contribution in [0.4, 0.5) is 0 Å². The molecule has 44 heavy (non-hydrogen) atoms. The predicted octanol–water partition coefficient (Wildman–Crippen LogP) is 11.3. The van der Waals surface area contributed by atoms with Crippen LogP contribution in [0.1, 0.15) is 31.5 Å². The van der Waals surface area contributed by atoms with Gasteiger partial charge in [-0.25, -0.2) is 15.0 Å². The zero-order valence-electron chi connectivity index (χ0n) is 44.7. The van der Waals surface area contributed by atoms with Gasteiger partial charge in [-0.05, 0) is 53.4 Å². The van der Waals surface area contributed by atoms with E-state index in [4.69, 9.17) is 26.0 Å². The average molecular weight is 621 g/mol. The maximum atomic E-state index is 9.51. The van der Waals surface area contributed by atoms with E-state index in [1.54, 1.807) is 0 Å². The van der Waals surface area contributed by atoms with Crippen LogP contribution in [0.5, 0.6) is 0 Å². The van der Waals surface area contributed by atoms with Crippen LogP contribution in [0.25, 0.3) is 85.6 Å². The second-order valence-electron chi connectivity index (χ2n) is 9.08. The van der Waals surface area contributed by atoms with Crippen molar-refractivity contribution in [3.05, 3.63) is 139 Å². The van der Waals surface area contributed by atoms with Gasteiger partial charge in [-0.2, -0.15) is 0 Å². The fourth-order valence-corrected chi connectivity index (χ4v) is 6.55. The van der Waals surface area contributed by atoms with Gasteiger partial charge in [0.15, 0.2) is 17.5 Å². The first-order valence-corrected chi connectivity index (χ1v) is 14.3. The van der Waals surface area contributed by atoms with Crippen molar-refractivity contribution in [1.29, 1.82) is 0 Å². The highest BCUT2D eigenvalue weighted by molar-refractivity contribution is 7.26. The van der Waals surface area contributed by atoms with Crippen molar-refractivity contribution < 1.29 is 31.5 Å². The SMILES string of the molecule is [2H]c1c([2H])c([2H])c(-c2c([2H])c([2H])c([2H])c(-c3nc(-c4c([2H])c([2H])c5sc6c([2H])c([2H])c([2H])c([2H])c6c5c4[2H])nc(-c4c([2H])c([2H])c([2H])c5c4sc4c([2H])c([2H])c([2H])c([2H])c45)n3)c2[2H])c([2H])c1[2H]. The van der Waals surface area contributed by atoms with Crippen molar-refractivity contribution in [2.24, 2.45) is 0 Å². The van der Waals surface area contributed by atoms with E-state index in [-0.39, 0.29) is 40.3 Å². The van der Waals surface area contributed by atoms with Gasteiger partial charge in [0, 0.05) is 57.0 Å². The van der Waals surface area contributed by atoms with Crippen molar-refractivity contribution in [2.45, 2.75) is 0 Å². The maximum Gasteiger partial charge on any atom is 0.165 e. The summed E-state index contributed by atoms with van der Waals surface area (Å²) >= 11 is 1.43. The molecule has 0 amide bonds. The van der Waals surface area contributed by atoms with E-state index < -0.39 is 184 Å². The number of nitrogens with zero attached hydrogens (tertiary/aromatic N) is 3. The highest BCUT2D eigenvalue weighted by atomic mass is 32.1. The summed E-state index contributed by atoms with van der Waals surface area (Å²) < 4.78 is 200. The van der Waals surface area contributed by atoms with Gasteiger partial charge in [0.25, 0.3) is 0 Å². The van der Waals surface area contributed by atoms with E-state index in [0.29, 0.717) is 11.3 Å². The minimum absolute atomic E-state index is 0.0356. The van der Waals surface area contributed by atoms with Crippen LogP contribution in [0.15, 0.2) is 139 Å². The molecule has 0 bridgehead atoms. The van der Waals surface area contributed by atoms with Crippen LogP contribution in [-0.2, 0) is 0 Å². The molecule has 6 aromatic carbocycles. The summed E-state index contributed by atoms with van der Waals surface area (Å²) in [5.41, 5.74) is -3.11. The van der Waals surface area contributed by atoms with Gasteiger partial charge >= 0.3 is 0 Å². The molecule has 3 heterocycles. The Morgan fingerprint density at radius 3 is 1.77 bits per heavy atom. The lowest BCUT2D eigenvalue weighted by Gasteiger charge is -2.10. The monoisotopic (exact) mass is 620 g/mol. The first kappa shape index (κ1) is 11.4. The molecule has 0 radical (unpaired) electrons. The number of benzene rings is 6. The van der Waals surface area contributed by atoms with Crippen LogP contribution in [0, 0.1) is 0 Å². The molecule has 0 fully saturated rings. The van der Waals surface area contributed by atoms with Crippen LogP contribution in [-0.4, -0.2) is 15.0 Å². The maximum absolute atomic E-state index is 9.51. The number of fused-ring (bicyclic) bond motifs is 6. The molecule has 0 atom stereocenters. The van der Waals surface area contributed by atoms with E-state index in [9.17, 15) is 5.48 Å². The second kappa shape index (κ2) is 10.2. The summed E-state index contributed by atoms with van der Waals surface area (Å²) in [4.78, 5) is 13.5. The van der Waals surface area contributed by atoms with E-state index in [2.05, 4.69) is 15.0 Å². The lowest BCUT2D eigenvalue weighted by molar-refractivity contribution is 1.08. The van der Waals surface area contributed by atoms with Crippen LogP contribution in [0.3, 0.4) is 0 Å². The molecule has 0 unspecified atom stereocenters. The molecule has 3 nitrogen and oxygen atoms in total. The number of aromatic nitrogens is 3. The predicted molar refractivity (Wildman–Crippen MR) is 187 cm³/mol. The van der Waals surface area contributed by atoms with Gasteiger partial charge in [0.1, 0.15) is 0 Å². The third-order valence-electron chi connectivity index (χ3n) is 6.50. The molecule has 3 aromatic heterocycles. The number of thiophene rings is 2. The standard InChI is InChI=1S/C39H23N3S2/c1-2-10-24(11-3-1)25-12-8-13-26(22-25)37-40-38(27-20-21-35-32(23-27)29-15-5-6-18-33(29)43-35)42-39(41-37)31-17-9-16-30-28-14-4-7-19-34(28)44-36(30)31/h1-23H/i1D,2D,3D,4D,5D,6D,7D,8D,9D,10D,11D,12D,13D,14D,15D,16D,17D,18D,19D,20D,21D,22D,23D.